The first-order valence-electron chi connectivity index (χ1n) is 6.66. The van der Waals surface area contributed by atoms with Crippen LogP contribution >= 0.6 is 0 Å². The van der Waals surface area contributed by atoms with Gasteiger partial charge < -0.3 is 19.9 Å². The second kappa shape index (κ2) is 8.55. The molecular formula is C15H23NO4. The third kappa shape index (κ3) is 5.19. The van der Waals surface area contributed by atoms with Crippen molar-refractivity contribution >= 4 is 5.91 Å². The number of aliphatic hydroxyl groups is 1. The van der Waals surface area contributed by atoms with E-state index in [9.17, 15) is 4.79 Å². The van der Waals surface area contributed by atoms with Gasteiger partial charge in [-0.1, -0.05) is 12.1 Å². The second-order valence-corrected chi connectivity index (χ2v) is 4.72. The molecular weight excluding hydrogens is 258 g/mol. The Hall–Kier alpha value is -1.59. The van der Waals surface area contributed by atoms with E-state index in [1.807, 2.05) is 32.0 Å². The topological polar surface area (TPSA) is 67.8 Å². The standard InChI is InChI=1S/C15H23NO4/c1-11-5-4-6-14(12(11)2)20-10-15(18)16-13(7-8-17)9-19-3/h4-6,13,17H,7-10H2,1-3H3,(H,16,18). The summed E-state index contributed by atoms with van der Waals surface area (Å²) in [6, 6.07) is 5.54. The van der Waals surface area contributed by atoms with Crippen LogP contribution in [0.25, 0.3) is 0 Å². The monoisotopic (exact) mass is 281 g/mol. The van der Waals surface area contributed by atoms with Crippen molar-refractivity contribution in [3.05, 3.63) is 29.3 Å². The average molecular weight is 281 g/mol. The molecule has 5 nitrogen and oxygen atoms in total. The van der Waals surface area contributed by atoms with Crippen LogP contribution in [0.3, 0.4) is 0 Å². The molecule has 1 rings (SSSR count). The quantitative estimate of drug-likeness (QED) is 0.751. The van der Waals surface area contributed by atoms with Crippen molar-refractivity contribution in [2.45, 2.75) is 26.3 Å². The third-order valence-corrected chi connectivity index (χ3v) is 3.12. The van der Waals surface area contributed by atoms with E-state index in [2.05, 4.69) is 5.32 Å². The molecule has 0 aliphatic carbocycles. The summed E-state index contributed by atoms with van der Waals surface area (Å²) in [6.45, 7) is 4.29. The zero-order valence-corrected chi connectivity index (χ0v) is 12.3. The number of ether oxygens (including phenoxy) is 2. The van der Waals surface area contributed by atoms with E-state index in [0.29, 0.717) is 18.8 Å². The van der Waals surface area contributed by atoms with E-state index in [4.69, 9.17) is 14.6 Å². The Morgan fingerprint density at radius 1 is 1.40 bits per heavy atom. The van der Waals surface area contributed by atoms with Crippen LogP contribution in [0.5, 0.6) is 5.75 Å². The molecule has 20 heavy (non-hydrogen) atoms. The van der Waals surface area contributed by atoms with Gasteiger partial charge in [-0.25, -0.2) is 0 Å². The maximum atomic E-state index is 11.8. The van der Waals surface area contributed by atoms with E-state index >= 15 is 0 Å². The molecule has 0 heterocycles. The van der Waals surface area contributed by atoms with Gasteiger partial charge in [0.2, 0.25) is 0 Å². The highest BCUT2D eigenvalue weighted by atomic mass is 16.5. The molecule has 1 atom stereocenters. The lowest BCUT2D eigenvalue weighted by Gasteiger charge is -2.17. The van der Waals surface area contributed by atoms with E-state index in [0.717, 1.165) is 11.1 Å². The van der Waals surface area contributed by atoms with Gasteiger partial charge in [0.05, 0.1) is 12.6 Å². The smallest absolute Gasteiger partial charge is 0.258 e. The Bertz CT molecular complexity index is 428. The molecule has 0 spiro atoms. The van der Waals surface area contributed by atoms with Crippen molar-refractivity contribution in [2.75, 3.05) is 26.9 Å². The largest absolute Gasteiger partial charge is 0.483 e. The maximum Gasteiger partial charge on any atom is 0.258 e. The number of aryl methyl sites for hydroxylation is 1. The van der Waals surface area contributed by atoms with E-state index in [-0.39, 0.29) is 25.2 Å². The Balaban J connectivity index is 2.48. The van der Waals surface area contributed by atoms with Gasteiger partial charge in [0.15, 0.2) is 6.61 Å². The lowest BCUT2D eigenvalue weighted by molar-refractivity contribution is -0.124. The van der Waals surface area contributed by atoms with Crippen LogP contribution < -0.4 is 10.1 Å². The van der Waals surface area contributed by atoms with Gasteiger partial charge in [0.25, 0.3) is 5.91 Å². The summed E-state index contributed by atoms with van der Waals surface area (Å²) in [5, 5.41) is 11.7. The molecule has 1 unspecified atom stereocenters. The van der Waals surface area contributed by atoms with Crippen LogP contribution in [0.2, 0.25) is 0 Å². The minimum atomic E-state index is -0.221. The van der Waals surface area contributed by atoms with Crippen LogP contribution in [0.4, 0.5) is 0 Å². The first-order valence-corrected chi connectivity index (χ1v) is 6.66. The Kier molecular flexibility index (Phi) is 7.04. The summed E-state index contributed by atoms with van der Waals surface area (Å²) in [6.07, 6.45) is 0.461. The Labute approximate surface area is 119 Å². The predicted molar refractivity (Wildman–Crippen MR) is 76.9 cm³/mol. The van der Waals surface area contributed by atoms with Crippen LogP contribution in [-0.4, -0.2) is 44.0 Å². The number of hydrogen-bond acceptors (Lipinski definition) is 4. The molecule has 112 valence electrons. The van der Waals surface area contributed by atoms with Crippen molar-refractivity contribution in [1.29, 1.82) is 0 Å². The number of aliphatic hydroxyl groups excluding tert-OH is 1. The van der Waals surface area contributed by atoms with E-state index in [1.54, 1.807) is 7.11 Å². The molecule has 0 radical (unpaired) electrons. The highest BCUT2D eigenvalue weighted by molar-refractivity contribution is 5.77. The second-order valence-electron chi connectivity index (χ2n) is 4.72. The molecule has 2 N–H and O–H groups in total. The van der Waals surface area contributed by atoms with E-state index in [1.165, 1.54) is 0 Å². The van der Waals surface area contributed by atoms with Gasteiger partial charge in [-0.05, 0) is 37.5 Å². The van der Waals surface area contributed by atoms with Gasteiger partial charge in [-0.3, -0.25) is 4.79 Å². The molecule has 0 aromatic heterocycles. The van der Waals surface area contributed by atoms with E-state index < -0.39 is 0 Å². The van der Waals surface area contributed by atoms with Crippen molar-refractivity contribution in [3.8, 4) is 5.75 Å². The normalized spacial score (nSPS) is 12.0. The summed E-state index contributed by atoms with van der Waals surface area (Å²) >= 11 is 0. The number of nitrogens with one attached hydrogen (secondary N) is 1. The fraction of sp³-hybridized carbons (Fsp3) is 0.533. The summed E-state index contributed by atoms with van der Waals surface area (Å²) in [5.74, 6) is 0.493. The van der Waals surface area contributed by atoms with Crippen molar-refractivity contribution in [3.63, 3.8) is 0 Å². The number of methoxy groups -OCH3 is 1. The summed E-state index contributed by atoms with van der Waals surface area (Å²) in [7, 11) is 1.56. The van der Waals surface area contributed by atoms with Crippen molar-refractivity contribution in [1.82, 2.24) is 5.32 Å². The van der Waals surface area contributed by atoms with Gasteiger partial charge in [-0.15, -0.1) is 0 Å². The number of rotatable bonds is 8. The average Bonchev–Trinajstić information content (AvgIpc) is 2.41. The third-order valence-electron chi connectivity index (χ3n) is 3.12. The highest BCUT2D eigenvalue weighted by Gasteiger charge is 2.12. The zero-order chi connectivity index (χ0) is 15.0. The fourth-order valence-corrected chi connectivity index (χ4v) is 1.85. The summed E-state index contributed by atoms with van der Waals surface area (Å²) in [4.78, 5) is 11.8. The maximum absolute atomic E-state index is 11.8. The minimum Gasteiger partial charge on any atom is -0.483 e. The number of amides is 1. The highest BCUT2D eigenvalue weighted by Crippen LogP contribution is 2.20. The molecule has 0 fully saturated rings. The molecule has 5 heteroatoms. The fourth-order valence-electron chi connectivity index (χ4n) is 1.85. The van der Waals surface area contributed by atoms with Crippen molar-refractivity contribution in [2.24, 2.45) is 0 Å². The molecule has 0 saturated carbocycles. The molecule has 1 amide bonds. The zero-order valence-electron chi connectivity index (χ0n) is 12.3. The lowest BCUT2D eigenvalue weighted by atomic mass is 10.1. The Morgan fingerprint density at radius 3 is 2.80 bits per heavy atom. The van der Waals surface area contributed by atoms with Gasteiger partial charge in [-0.2, -0.15) is 0 Å². The van der Waals surface area contributed by atoms with Crippen LogP contribution in [0.15, 0.2) is 18.2 Å². The SMILES string of the molecule is COCC(CCO)NC(=O)COc1cccc(C)c1C. The first kappa shape index (κ1) is 16.5. The molecule has 0 bridgehead atoms. The summed E-state index contributed by atoms with van der Waals surface area (Å²) < 4.78 is 10.5. The minimum absolute atomic E-state index is 0.00610. The number of benzene rings is 1. The van der Waals surface area contributed by atoms with Gasteiger partial charge in [0.1, 0.15) is 5.75 Å². The van der Waals surface area contributed by atoms with Gasteiger partial charge >= 0.3 is 0 Å². The van der Waals surface area contributed by atoms with Crippen LogP contribution in [0, 0.1) is 13.8 Å². The molecule has 0 aliphatic heterocycles. The van der Waals surface area contributed by atoms with Crippen molar-refractivity contribution < 1.29 is 19.4 Å². The lowest BCUT2D eigenvalue weighted by Crippen LogP contribution is -2.41. The predicted octanol–water partition coefficient (Wildman–Crippen LogP) is 1.20. The Morgan fingerprint density at radius 2 is 2.15 bits per heavy atom. The molecule has 0 saturated heterocycles. The first-order chi connectivity index (χ1) is 9.58. The van der Waals surface area contributed by atoms with Crippen LogP contribution in [-0.2, 0) is 9.53 Å². The molecule has 1 aromatic rings. The van der Waals surface area contributed by atoms with Crippen LogP contribution in [0.1, 0.15) is 17.5 Å². The molecule has 1 aromatic carbocycles. The number of carbonyl (C=O) groups is 1. The molecule has 0 aliphatic rings. The van der Waals surface area contributed by atoms with Gasteiger partial charge in [0, 0.05) is 13.7 Å². The number of carbonyl (C=O) groups excluding carboxylic acids is 1. The number of hydrogen-bond donors (Lipinski definition) is 2. The summed E-state index contributed by atoms with van der Waals surface area (Å²) in [5.41, 5.74) is 2.16.